The maximum Gasteiger partial charge on any atom is 0.341 e. The zero-order valence-corrected chi connectivity index (χ0v) is 12.7. The minimum absolute atomic E-state index is 0.00255. The van der Waals surface area contributed by atoms with E-state index in [1.54, 1.807) is 12.1 Å². The van der Waals surface area contributed by atoms with E-state index < -0.39 is 34.7 Å². The lowest BCUT2D eigenvalue weighted by atomic mass is 10.1. The van der Waals surface area contributed by atoms with Gasteiger partial charge in [-0.3, -0.25) is 0 Å². The van der Waals surface area contributed by atoms with Crippen molar-refractivity contribution in [1.82, 2.24) is 4.72 Å². The summed E-state index contributed by atoms with van der Waals surface area (Å²) in [6.07, 6.45) is 0. The Morgan fingerprint density at radius 1 is 1.33 bits per heavy atom. The molecule has 0 radical (unpaired) electrons. The molecule has 0 saturated carbocycles. The zero-order chi connectivity index (χ0) is 16.1. The number of aliphatic hydroxyl groups excluding tert-OH is 1. The standard InChI is InChI=1S/C13H19NO6S/c1-3-20-12(16)13(17,9-15)8-14-21(18,19)11-6-4-10(2)5-7-11/h4-7,14-15,17H,3,8-9H2,1-2H3. The van der Waals surface area contributed by atoms with Gasteiger partial charge in [-0.25, -0.2) is 17.9 Å². The van der Waals surface area contributed by atoms with Crippen molar-refractivity contribution in [3.05, 3.63) is 29.8 Å². The van der Waals surface area contributed by atoms with E-state index in [0.29, 0.717) is 0 Å². The molecule has 1 rings (SSSR count). The molecular weight excluding hydrogens is 298 g/mol. The van der Waals surface area contributed by atoms with Crippen LogP contribution in [-0.4, -0.2) is 50.0 Å². The van der Waals surface area contributed by atoms with Gasteiger partial charge in [-0.15, -0.1) is 0 Å². The molecule has 1 aromatic carbocycles. The van der Waals surface area contributed by atoms with Gasteiger partial charge in [0.15, 0.2) is 5.60 Å². The molecule has 21 heavy (non-hydrogen) atoms. The Labute approximate surface area is 123 Å². The first-order valence-corrected chi connectivity index (χ1v) is 7.80. The molecule has 1 atom stereocenters. The monoisotopic (exact) mass is 317 g/mol. The van der Waals surface area contributed by atoms with Crippen LogP contribution in [0.4, 0.5) is 0 Å². The molecule has 0 aliphatic heterocycles. The van der Waals surface area contributed by atoms with Gasteiger partial charge in [0.1, 0.15) is 0 Å². The van der Waals surface area contributed by atoms with Crippen molar-refractivity contribution < 1.29 is 28.2 Å². The summed E-state index contributed by atoms with van der Waals surface area (Å²) >= 11 is 0. The number of carbonyl (C=O) groups excluding carboxylic acids is 1. The Hall–Kier alpha value is -1.48. The SMILES string of the molecule is CCOC(=O)C(O)(CO)CNS(=O)(=O)c1ccc(C)cc1. The Kier molecular flexibility index (Phi) is 5.85. The molecule has 0 heterocycles. The predicted octanol–water partition coefficient (Wildman–Crippen LogP) is -0.440. The predicted molar refractivity (Wildman–Crippen MR) is 75.0 cm³/mol. The number of benzene rings is 1. The summed E-state index contributed by atoms with van der Waals surface area (Å²) in [6, 6.07) is 6.05. The fourth-order valence-corrected chi connectivity index (χ4v) is 2.56. The normalized spacial score (nSPS) is 14.5. The van der Waals surface area contributed by atoms with Crippen LogP contribution in [0.5, 0.6) is 0 Å². The van der Waals surface area contributed by atoms with Crippen LogP contribution in [0.15, 0.2) is 29.2 Å². The van der Waals surface area contributed by atoms with Crippen LogP contribution in [0.2, 0.25) is 0 Å². The van der Waals surface area contributed by atoms with Crippen molar-refractivity contribution in [3.8, 4) is 0 Å². The molecular formula is C13H19NO6S. The molecule has 1 aromatic rings. The fraction of sp³-hybridized carbons (Fsp3) is 0.462. The number of aliphatic hydroxyl groups is 2. The summed E-state index contributed by atoms with van der Waals surface area (Å²) in [5.74, 6) is -1.08. The van der Waals surface area contributed by atoms with Crippen molar-refractivity contribution in [2.24, 2.45) is 0 Å². The molecule has 0 fully saturated rings. The smallest absolute Gasteiger partial charge is 0.341 e. The highest BCUT2D eigenvalue weighted by Gasteiger charge is 2.38. The number of ether oxygens (including phenoxy) is 1. The lowest BCUT2D eigenvalue weighted by Gasteiger charge is -2.23. The summed E-state index contributed by atoms with van der Waals surface area (Å²) in [5, 5.41) is 19.0. The van der Waals surface area contributed by atoms with Crippen LogP contribution in [-0.2, 0) is 19.6 Å². The lowest BCUT2D eigenvalue weighted by Crippen LogP contribution is -2.52. The average Bonchev–Trinajstić information content (AvgIpc) is 2.45. The number of nitrogens with one attached hydrogen (secondary N) is 1. The lowest BCUT2D eigenvalue weighted by molar-refractivity contribution is -0.168. The second kappa shape index (κ2) is 6.99. The highest BCUT2D eigenvalue weighted by Crippen LogP contribution is 2.12. The summed E-state index contributed by atoms with van der Waals surface area (Å²) in [6.45, 7) is 1.72. The van der Waals surface area contributed by atoms with E-state index in [2.05, 4.69) is 9.46 Å². The molecule has 0 spiro atoms. The highest BCUT2D eigenvalue weighted by molar-refractivity contribution is 7.89. The van der Waals surface area contributed by atoms with Crippen LogP contribution in [0.25, 0.3) is 0 Å². The minimum Gasteiger partial charge on any atom is -0.464 e. The molecule has 0 saturated heterocycles. The van der Waals surface area contributed by atoms with Crippen LogP contribution in [0.1, 0.15) is 12.5 Å². The van der Waals surface area contributed by atoms with E-state index in [0.717, 1.165) is 5.56 Å². The quantitative estimate of drug-likeness (QED) is 0.588. The van der Waals surface area contributed by atoms with Gasteiger partial charge in [0.05, 0.1) is 24.7 Å². The van der Waals surface area contributed by atoms with Crippen LogP contribution in [0, 0.1) is 6.92 Å². The Balaban J connectivity index is 2.84. The maximum atomic E-state index is 12.0. The van der Waals surface area contributed by atoms with Crippen LogP contribution >= 0.6 is 0 Å². The number of rotatable bonds is 7. The third-order valence-electron chi connectivity index (χ3n) is 2.80. The van der Waals surface area contributed by atoms with Crippen LogP contribution < -0.4 is 4.72 Å². The van der Waals surface area contributed by atoms with Gasteiger partial charge < -0.3 is 14.9 Å². The number of hydrogen-bond acceptors (Lipinski definition) is 6. The molecule has 8 heteroatoms. The molecule has 0 bridgehead atoms. The van der Waals surface area contributed by atoms with Crippen molar-refractivity contribution in [2.45, 2.75) is 24.3 Å². The van der Waals surface area contributed by atoms with Gasteiger partial charge in [-0.05, 0) is 26.0 Å². The molecule has 118 valence electrons. The molecule has 1 unspecified atom stereocenters. The van der Waals surface area contributed by atoms with Crippen molar-refractivity contribution in [1.29, 1.82) is 0 Å². The number of aryl methyl sites for hydroxylation is 1. The molecule has 0 aromatic heterocycles. The largest absolute Gasteiger partial charge is 0.464 e. The molecule has 7 nitrogen and oxygen atoms in total. The third-order valence-corrected chi connectivity index (χ3v) is 4.22. The van der Waals surface area contributed by atoms with Gasteiger partial charge in [0.2, 0.25) is 10.0 Å². The minimum atomic E-state index is -3.90. The number of carbonyl (C=O) groups is 1. The molecule has 3 N–H and O–H groups in total. The summed E-state index contributed by atoms with van der Waals surface area (Å²) in [5.41, 5.74) is -1.42. The van der Waals surface area contributed by atoms with Crippen LogP contribution in [0.3, 0.4) is 0 Å². The Morgan fingerprint density at radius 2 is 1.90 bits per heavy atom. The summed E-state index contributed by atoms with van der Waals surface area (Å²) in [4.78, 5) is 11.5. The topological polar surface area (TPSA) is 113 Å². The van der Waals surface area contributed by atoms with E-state index in [1.807, 2.05) is 6.92 Å². The number of sulfonamides is 1. The van der Waals surface area contributed by atoms with Gasteiger partial charge in [0, 0.05) is 0 Å². The maximum absolute atomic E-state index is 12.0. The van der Waals surface area contributed by atoms with Gasteiger partial charge >= 0.3 is 5.97 Å². The fourth-order valence-electron chi connectivity index (χ4n) is 1.47. The molecule has 0 aliphatic carbocycles. The highest BCUT2D eigenvalue weighted by atomic mass is 32.2. The Morgan fingerprint density at radius 3 is 2.38 bits per heavy atom. The average molecular weight is 317 g/mol. The Bertz CT molecular complexity index is 583. The first-order chi connectivity index (χ1) is 9.75. The zero-order valence-electron chi connectivity index (χ0n) is 11.9. The summed E-state index contributed by atoms with van der Waals surface area (Å²) < 4.78 is 30.7. The first kappa shape index (κ1) is 17.6. The number of esters is 1. The van der Waals surface area contributed by atoms with Gasteiger partial charge in [-0.2, -0.15) is 0 Å². The van der Waals surface area contributed by atoms with Gasteiger partial charge in [0.25, 0.3) is 0 Å². The van der Waals surface area contributed by atoms with E-state index in [-0.39, 0.29) is 11.5 Å². The summed E-state index contributed by atoms with van der Waals surface area (Å²) in [7, 11) is -3.90. The van der Waals surface area contributed by atoms with E-state index >= 15 is 0 Å². The second-order valence-electron chi connectivity index (χ2n) is 4.55. The molecule has 0 amide bonds. The van der Waals surface area contributed by atoms with E-state index in [9.17, 15) is 18.3 Å². The van der Waals surface area contributed by atoms with Crippen molar-refractivity contribution >= 4 is 16.0 Å². The van der Waals surface area contributed by atoms with Crippen molar-refractivity contribution in [3.63, 3.8) is 0 Å². The van der Waals surface area contributed by atoms with E-state index in [1.165, 1.54) is 19.1 Å². The second-order valence-corrected chi connectivity index (χ2v) is 6.31. The van der Waals surface area contributed by atoms with Crippen molar-refractivity contribution in [2.75, 3.05) is 19.8 Å². The third kappa shape index (κ3) is 4.50. The number of hydrogen-bond donors (Lipinski definition) is 3. The van der Waals surface area contributed by atoms with Gasteiger partial charge in [-0.1, -0.05) is 17.7 Å². The van der Waals surface area contributed by atoms with E-state index in [4.69, 9.17) is 5.11 Å². The first-order valence-electron chi connectivity index (χ1n) is 6.32. The molecule has 0 aliphatic rings.